The number of carbonyl (C=O) groups is 1. The lowest BCUT2D eigenvalue weighted by Crippen LogP contribution is -2.45. The Kier molecular flexibility index (Phi) is 4.24. The summed E-state index contributed by atoms with van der Waals surface area (Å²) in [5, 5.41) is 3.99. The van der Waals surface area contributed by atoms with Crippen molar-refractivity contribution in [1.82, 2.24) is 19.9 Å². The molecule has 6 heteroatoms. The second kappa shape index (κ2) is 6.13. The van der Waals surface area contributed by atoms with E-state index in [1.54, 1.807) is 4.90 Å². The average Bonchev–Trinajstić information content (AvgIpc) is 3.00. The molecule has 1 aromatic rings. The molecule has 0 bridgehead atoms. The van der Waals surface area contributed by atoms with Crippen molar-refractivity contribution >= 4 is 5.91 Å². The molecular weight excluding hydrogens is 268 g/mol. The molecule has 1 aromatic heterocycles. The molecule has 0 aromatic carbocycles. The van der Waals surface area contributed by atoms with Gasteiger partial charge >= 0.3 is 0 Å². The number of amides is 1. The van der Waals surface area contributed by atoms with E-state index in [-0.39, 0.29) is 11.9 Å². The molecule has 2 aliphatic rings. The Morgan fingerprint density at radius 3 is 2.76 bits per heavy atom. The molecule has 3 rings (SSSR count). The molecule has 1 atom stereocenters. The molecule has 0 N–H and O–H groups in total. The van der Waals surface area contributed by atoms with Crippen LogP contribution in [0.25, 0.3) is 0 Å². The molecule has 2 fully saturated rings. The lowest BCUT2D eigenvalue weighted by atomic mass is 10.1. The van der Waals surface area contributed by atoms with Gasteiger partial charge in [0.15, 0.2) is 5.82 Å². The lowest BCUT2D eigenvalue weighted by molar-refractivity contribution is -0.136. The van der Waals surface area contributed by atoms with Crippen molar-refractivity contribution in [2.75, 3.05) is 20.1 Å². The quantitative estimate of drug-likeness (QED) is 0.800. The van der Waals surface area contributed by atoms with Crippen LogP contribution in [0.15, 0.2) is 4.52 Å². The highest BCUT2D eigenvalue weighted by Gasteiger charge is 2.31. The van der Waals surface area contributed by atoms with Crippen LogP contribution in [0.4, 0.5) is 0 Å². The fraction of sp³-hybridized carbons (Fsp3) is 0.800. The number of hydrogen-bond donors (Lipinski definition) is 0. The first kappa shape index (κ1) is 14.5. The number of nitrogens with zero attached hydrogens (tertiary/aromatic N) is 4. The molecule has 1 aliphatic heterocycles. The van der Waals surface area contributed by atoms with Crippen molar-refractivity contribution in [3.63, 3.8) is 0 Å². The van der Waals surface area contributed by atoms with Crippen molar-refractivity contribution in [1.29, 1.82) is 0 Å². The van der Waals surface area contributed by atoms with Crippen LogP contribution in [0.2, 0.25) is 0 Å². The minimum atomic E-state index is -0.00713. The standard InChI is InChI=1S/C15H24N4O2/c1-3-12(19-8-4-5-9-19)15(20)18(2)10-13-16-14(21-17-13)11-6-7-11/h11-12H,3-10H2,1-2H3/t12-/m0/s1. The van der Waals surface area contributed by atoms with Gasteiger partial charge in [0.1, 0.15) is 0 Å². The molecule has 116 valence electrons. The maximum atomic E-state index is 12.6. The van der Waals surface area contributed by atoms with Gasteiger partial charge in [-0.15, -0.1) is 0 Å². The van der Waals surface area contributed by atoms with Gasteiger partial charge in [0.2, 0.25) is 11.8 Å². The van der Waals surface area contributed by atoms with Gasteiger partial charge in [-0.2, -0.15) is 4.98 Å². The summed E-state index contributed by atoms with van der Waals surface area (Å²) in [5.41, 5.74) is 0. The van der Waals surface area contributed by atoms with Crippen molar-refractivity contribution in [3.05, 3.63) is 11.7 Å². The van der Waals surface area contributed by atoms with E-state index in [0.29, 0.717) is 18.3 Å². The van der Waals surface area contributed by atoms with Crippen molar-refractivity contribution in [2.24, 2.45) is 0 Å². The first-order valence-electron chi connectivity index (χ1n) is 8.00. The van der Waals surface area contributed by atoms with Crippen LogP contribution in [0.5, 0.6) is 0 Å². The van der Waals surface area contributed by atoms with E-state index in [1.165, 1.54) is 12.8 Å². The van der Waals surface area contributed by atoms with E-state index in [1.807, 2.05) is 7.05 Å². The van der Waals surface area contributed by atoms with Crippen LogP contribution in [0.1, 0.15) is 56.7 Å². The molecule has 1 amide bonds. The third-order valence-electron chi connectivity index (χ3n) is 4.42. The highest BCUT2D eigenvalue weighted by molar-refractivity contribution is 5.81. The van der Waals surface area contributed by atoms with E-state index < -0.39 is 0 Å². The number of likely N-dealkylation sites (tertiary alicyclic amines) is 1. The van der Waals surface area contributed by atoms with E-state index in [2.05, 4.69) is 22.0 Å². The number of aromatic nitrogens is 2. The number of carbonyl (C=O) groups excluding carboxylic acids is 1. The average molecular weight is 292 g/mol. The molecule has 21 heavy (non-hydrogen) atoms. The molecule has 6 nitrogen and oxygen atoms in total. The highest BCUT2D eigenvalue weighted by atomic mass is 16.5. The third kappa shape index (κ3) is 3.26. The van der Waals surface area contributed by atoms with Crippen LogP contribution >= 0.6 is 0 Å². The van der Waals surface area contributed by atoms with Gasteiger partial charge in [0.25, 0.3) is 0 Å². The summed E-state index contributed by atoms with van der Waals surface area (Å²) in [6.07, 6.45) is 5.53. The van der Waals surface area contributed by atoms with Gasteiger partial charge in [-0.1, -0.05) is 12.1 Å². The Morgan fingerprint density at radius 1 is 1.43 bits per heavy atom. The Morgan fingerprint density at radius 2 is 2.14 bits per heavy atom. The fourth-order valence-electron chi connectivity index (χ4n) is 3.01. The second-order valence-electron chi connectivity index (χ2n) is 6.18. The van der Waals surface area contributed by atoms with Gasteiger partial charge in [-0.3, -0.25) is 9.69 Å². The molecular formula is C15H24N4O2. The van der Waals surface area contributed by atoms with Crippen molar-refractivity contribution in [3.8, 4) is 0 Å². The van der Waals surface area contributed by atoms with E-state index >= 15 is 0 Å². The summed E-state index contributed by atoms with van der Waals surface area (Å²) >= 11 is 0. The van der Waals surface area contributed by atoms with E-state index in [4.69, 9.17) is 4.52 Å². The summed E-state index contributed by atoms with van der Waals surface area (Å²) in [4.78, 5) is 21.0. The number of rotatable bonds is 6. The first-order valence-corrected chi connectivity index (χ1v) is 8.00. The van der Waals surface area contributed by atoms with Crippen molar-refractivity contribution < 1.29 is 9.32 Å². The van der Waals surface area contributed by atoms with Crippen LogP contribution in [-0.2, 0) is 11.3 Å². The maximum absolute atomic E-state index is 12.6. The maximum Gasteiger partial charge on any atom is 0.240 e. The lowest BCUT2D eigenvalue weighted by Gasteiger charge is -2.29. The molecule has 1 saturated heterocycles. The summed E-state index contributed by atoms with van der Waals surface area (Å²) in [6.45, 7) is 4.58. The zero-order valence-electron chi connectivity index (χ0n) is 12.9. The normalized spacial score (nSPS) is 20.7. The first-order chi connectivity index (χ1) is 10.2. The predicted octanol–water partition coefficient (Wildman–Crippen LogP) is 1.78. The Hall–Kier alpha value is -1.43. The zero-order valence-corrected chi connectivity index (χ0v) is 12.9. The predicted molar refractivity (Wildman–Crippen MR) is 77.6 cm³/mol. The Labute approximate surface area is 125 Å². The van der Waals surface area contributed by atoms with E-state index in [0.717, 1.165) is 38.2 Å². The largest absolute Gasteiger partial charge is 0.339 e. The van der Waals surface area contributed by atoms with Crippen LogP contribution < -0.4 is 0 Å². The molecule has 1 saturated carbocycles. The molecule has 0 spiro atoms. The number of hydrogen-bond acceptors (Lipinski definition) is 5. The summed E-state index contributed by atoms with van der Waals surface area (Å²) in [7, 11) is 1.83. The fourth-order valence-corrected chi connectivity index (χ4v) is 3.01. The topological polar surface area (TPSA) is 62.5 Å². The summed E-state index contributed by atoms with van der Waals surface area (Å²) < 4.78 is 5.25. The summed E-state index contributed by atoms with van der Waals surface area (Å²) in [5.74, 6) is 1.97. The minimum absolute atomic E-state index is 0.00713. The Balaban J connectivity index is 1.59. The van der Waals surface area contributed by atoms with Gasteiger partial charge < -0.3 is 9.42 Å². The summed E-state index contributed by atoms with van der Waals surface area (Å²) in [6, 6.07) is -0.00713. The van der Waals surface area contributed by atoms with Crippen molar-refractivity contribution in [2.45, 2.75) is 57.5 Å². The van der Waals surface area contributed by atoms with Crippen LogP contribution in [-0.4, -0.2) is 52.0 Å². The van der Waals surface area contributed by atoms with Gasteiger partial charge in [0, 0.05) is 13.0 Å². The van der Waals surface area contributed by atoms with Crippen LogP contribution in [0, 0.1) is 0 Å². The molecule has 0 radical (unpaired) electrons. The highest BCUT2D eigenvalue weighted by Crippen LogP contribution is 2.38. The van der Waals surface area contributed by atoms with E-state index in [9.17, 15) is 4.79 Å². The second-order valence-corrected chi connectivity index (χ2v) is 6.18. The SMILES string of the molecule is CC[C@@H](C(=O)N(C)Cc1noc(C2CC2)n1)N1CCCC1. The molecule has 0 unspecified atom stereocenters. The van der Waals surface area contributed by atoms with Crippen LogP contribution in [0.3, 0.4) is 0 Å². The third-order valence-corrected chi connectivity index (χ3v) is 4.42. The molecule has 2 heterocycles. The van der Waals surface area contributed by atoms with Gasteiger partial charge in [-0.05, 0) is 45.2 Å². The minimum Gasteiger partial charge on any atom is -0.339 e. The zero-order chi connectivity index (χ0) is 14.8. The van der Waals surface area contributed by atoms with Gasteiger partial charge in [0.05, 0.1) is 12.6 Å². The Bertz CT molecular complexity index is 492. The van der Waals surface area contributed by atoms with Gasteiger partial charge in [-0.25, -0.2) is 0 Å². The smallest absolute Gasteiger partial charge is 0.240 e. The monoisotopic (exact) mass is 292 g/mol. The number of likely N-dealkylation sites (N-methyl/N-ethyl adjacent to an activating group) is 1. The molecule has 1 aliphatic carbocycles.